The van der Waals surface area contributed by atoms with Crippen LogP contribution in [0.1, 0.15) is 44.6 Å². The van der Waals surface area contributed by atoms with Gasteiger partial charge >= 0.3 is 5.97 Å². The third kappa shape index (κ3) is 5.30. The number of hydrogen-bond donors (Lipinski definition) is 0. The third-order valence-electron chi connectivity index (χ3n) is 5.35. The van der Waals surface area contributed by atoms with Crippen molar-refractivity contribution in [3.8, 4) is 0 Å². The van der Waals surface area contributed by atoms with E-state index in [-0.39, 0.29) is 5.97 Å². The van der Waals surface area contributed by atoms with E-state index in [0.29, 0.717) is 18.6 Å². The molecule has 2 aliphatic heterocycles. The van der Waals surface area contributed by atoms with E-state index in [0.717, 1.165) is 11.1 Å². The standard InChI is InChI=1S/C22H29NO2/c1-18(12-13-19-8-3-2-4-9-19)16-22(24)25-17-20-10-7-15-23-14-6-5-11-21(20)23/h2-4,8-9,12-13,16,20-21H,5-7,10-11,14-15,17H2,1H3/b13-12+,18-16+. The molecule has 2 saturated heterocycles. The third-order valence-corrected chi connectivity index (χ3v) is 5.35. The fraction of sp³-hybridized carbons (Fsp3) is 0.500. The van der Waals surface area contributed by atoms with Crippen LogP contribution in [0.3, 0.4) is 0 Å². The number of nitrogens with zero attached hydrogens (tertiary/aromatic N) is 1. The number of rotatable bonds is 5. The van der Waals surface area contributed by atoms with E-state index in [2.05, 4.69) is 4.90 Å². The fourth-order valence-corrected chi connectivity index (χ4v) is 4.03. The van der Waals surface area contributed by atoms with Gasteiger partial charge in [-0.2, -0.15) is 0 Å². The summed E-state index contributed by atoms with van der Waals surface area (Å²) >= 11 is 0. The van der Waals surface area contributed by atoms with Crippen molar-refractivity contribution in [2.45, 2.75) is 45.1 Å². The van der Waals surface area contributed by atoms with Crippen molar-refractivity contribution >= 4 is 12.0 Å². The van der Waals surface area contributed by atoms with Gasteiger partial charge in [0.15, 0.2) is 0 Å². The normalized spacial score (nSPS) is 24.9. The molecule has 0 aliphatic carbocycles. The largest absolute Gasteiger partial charge is 0.462 e. The van der Waals surface area contributed by atoms with E-state index >= 15 is 0 Å². The molecular weight excluding hydrogens is 310 g/mol. The fourth-order valence-electron chi connectivity index (χ4n) is 4.03. The summed E-state index contributed by atoms with van der Waals surface area (Å²) < 4.78 is 5.58. The van der Waals surface area contributed by atoms with Gasteiger partial charge in [-0.05, 0) is 56.8 Å². The molecule has 1 aromatic carbocycles. The second-order valence-electron chi connectivity index (χ2n) is 7.26. The number of allylic oxidation sites excluding steroid dienone is 2. The van der Waals surface area contributed by atoms with E-state index in [1.54, 1.807) is 6.08 Å². The molecule has 134 valence electrons. The summed E-state index contributed by atoms with van der Waals surface area (Å²) in [6.07, 6.45) is 11.9. The van der Waals surface area contributed by atoms with Gasteiger partial charge in [-0.25, -0.2) is 4.79 Å². The highest BCUT2D eigenvalue weighted by Crippen LogP contribution is 2.31. The molecule has 1 aromatic rings. The molecule has 0 radical (unpaired) electrons. The Morgan fingerprint density at radius 2 is 1.96 bits per heavy atom. The number of esters is 1. The summed E-state index contributed by atoms with van der Waals surface area (Å²) in [5.41, 5.74) is 2.04. The molecule has 2 fully saturated rings. The summed E-state index contributed by atoms with van der Waals surface area (Å²) in [5, 5.41) is 0. The van der Waals surface area contributed by atoms with Crippen molar-refractivity contribution in [1.82, 2.24) is 4.90 Å². The molecule has 3 nitrogen and oxygen atoms in total. The lowest BCUT2D eigenvalue weighted by Gasteiger charge is -2.44. The van der Waals surface area contributed by atoms with Crippen LogP contribution < -0.4 is 0 Å². The molecule has 2 atom stereocenters. The van der Waals surface area contributed by atoms with Gasteiger partial charge in [0.2, 0.25) is 0 Å². The zero-order chi connectivity index (χ0) is 17.5. The molecular formula is C22H29NO2. The van der Waals surface area contributed by atoms with E-state index < -0.39 is 0 Å². The van der Waals surface area contributed by atoms with Gasteiger partial charge in [-0.3, -0.25) is 4.90 Å². The van der Waals surface area contributed by atoms with Crippen LogP contribution in [-0.2, 0) is 9.53 Å². The van der Waals surface area contributed by atoms with Gasteiger partial charge in [-0.15, -0.1) is 0 Å². The zero-order valence-electron chi connectivity index (χ0n) is 15.2. The minimum atomic E-state index is -0.219. The molecule has 25 heavy (non-hydrogen) atoms. The number of benzene rings is 1. The lowest BCUT2D eigenvalue weighted by molar-refractivity contribution is -0.140. The molecule has 2 aliphatic rings. The minimum Gasteiger partial charge on any atom is -0.462 e. The quantitative estimate of drug-likeness (QED) is 0.451. The first-order valence-corrected chi connectivity index (χ1v) is 9.54. The van der Waals surface area contributed by atoms with Gasteiger partial charge in [-0.1, -0.05) is 48.9 Å². The maximum Gasteiger partial charge on any atom is 0.331 e. The number of carbonyl (C=O) groups is 1. The predicted molar refractivity (Wildman–Crippen MR) is 102 cm³/mol. The van der Waals surface area contributed by atoms with Crippen LogP contribution in [0.5, 0.6) is 0 Å². The number of fused-ring (bicyclic) bond motifs is 1. The summed E-state index contributed by atoms with van der Waals surface area (Å²) in [6.45, 7) is 4.94. The monoisotopic (exact) mass is 339 g/mol. The van der Waals surface area contributed by atoms with Crippen LogP contribution in [-0.4, -0.2) is 36.6 Å². The lowest BCUT2D eigenvalue weighted by atomic mass is 9.84. The average molecular weight is 339 g/mol. The van der Waals surface area contributed by atoms with Crippen LogP contribution in [0.2, 0.25) is 0 Å². The van der Waals surface area contributed by atoms with Crippen molar-refractivity contribution < 1.29 is 9.53 Å². The molecule has 0 aromatic heterocycles. The number of piperidine rings is 2. The Kier molecular flexibility index (Phi) is 6.46. The Labute approximate surface area is 151 Å². The van der Waals surface area contributed by atoms with Crippen LogP contribution in [0.4, 0.5) is 0 Å². The Hall–Kier alpha value is -1.87. The molecule has 0 spiro atoms. The van der Waals surface area contributed by atoms with Crippen molar-refractivity contribution in [3.63, 3.8) is 0 Å². The van der Waals surface area contributed by atoms with Gasteiger partial charge in [0.25, 0.3) is 0 Å². The van der Waals surface area contributed by atoms with Crippen LogP contribution in [0.25, 0.3) is 6.08 Å². The first-order valence-electron chi connectivity index (χ1n) is 9.54. The second kappa shape index (κ2) is 9.00. The topological polar surface area (TPSA) is 29.5 Å². The van der Waals surface area contributed by atoms with Crippen LogP contribution in [0, 0.1) is 5.92 Å². The lowest BCUT2D eigenvalue weighted by Crippen LogP contribution is -2.49. The highest BCUT2D eigenvalue weighted by molar-refractivity contribution is 5.83. The summed E-state index contributed by atoms with van der Waals surface area (Å²) in [6, 6.07) is 10.7. The van der Waals surface area contributed by atoms with Gasteiger partial charge in [0, 0.05) is 18.0 Å². The molecule has 0 bridgehead atoms. The molecule has 0 N–H and O–H groups in total. The highest BCUT2D eigenvalue weighted by atomic mass is 16.5. The van der Waals surface area contributed by atoms with E-state index in [1.807, 2.05) is 49.4 Å². The van der Waals surface area contributed by atoms with Gasteiger partial charge in [0.05, 0.1) is 6.61 Å². The molecule has 3 rings (SSSR count). The van der Waals surface area contributed by atoms with Crippen LogP contribution >= 0.6 is 0 Å². The van der Waals surface area contributed by atoms with Crippen LogP contribution in [0.15, 0.2) is 48.1 Å². The van der Waals surface area contributed by atoms with E-state index in [9.17, 15) is 4.79 Å². The van der Waals surface area contributed by atoms with Crippen molar-refractivity contribution in [1.29, 1.82) is 0 Å². The number of ether oxygens (including phenoxy) is 1. The maximum absolute atomic E-state index is 12.1. The smallest absolute Gasteiger partial charge is 0.331 e. The molecule has 3 heteroatoms. The summed E-state index contributed by atoms with van der Waals surface area (Å²) in [7, 11) is 0. The Balaban J connectivity index is 1.49. The second-order valence-corrected chi connectivity index (χ2v) is 7.26. The van der Waals surface area contributed by atoms with Gasteiger partial charge < -0.3 is 4.74 Å². The highest BCUT2D eigenvalue weighted by Gasteiger charge is 2.33. The minimum absolute atomic E-state index is 0.219. The zero-order valence-corrected chi connectivity index (χ0v) is 15.2. The van der Waals surface area contributed by atoms with Gasteiger partial charge in [0.1, 0.15) is 0 Å². The Morgan fingerprint density at radius 1 is 1.16 bits per heavy atom. The summed E-state index contributed by atoms with van der Waals surface area (Å²) in [4.78, 5) is 14.7. The molecule has 0 saturated carbocycles. The first-order chi connectivity index (χ1) is 12.2. The first kappa shape index (κ1) is 17.9. The average Bonchev–Trinajstić information content (AvgIpc) is 2.65. The number of hydrogen-bond acceptors (Lipinski definition) is 3. The Bertz CT molecular complexity index is 618. The Morgan fingerprint density at radius 3 is 2.80 bits per heavy atom. The van der Waals surface area contributed by atoms with Crippen molar-refractivity contribution in [2.24, 2.45) is 5.92 Å². The number of carbonyl (C=O) groups excluding carboxylic acids is 1. The van der Waals surface area contributed by atoms with Crippen molar-refractivity contribution in [3.05, 3.63) is 53.6 Å². The van der Waals surface area contributed by atoms with Crippen molar-refractivity contribution in [2.75, 3.05) is 19.7 Å². The SMILES string of the molecule is CC(/C=C/c1ccccc1)=C\C(=O)OCC1CCCN2CCCCC12. The molecule has 0 amide bonds. The van der Waals surface area contributed by atoms with E-state index in [4.69, 9.17) is 4.74 Å². The molecule has 2 unspecified atom stereocenters. The predicted octanol–water partition coefficient (Wildman–Crippen LogP) is 4.45. The summed E-state index contributed by atoms with van der Waals surface area (Å²) in [5.74, 6) is 0.287. The van der Waals surface area contributed by atoms with E-state index in [1.165, 1.54) is 45.2 Å². The molecule has 2 heterocycles. The maximum atomic E-state index is 12.1.